The third-order valence-corrected chi connectivity index (χ3v) is 8.75. The molecule has 2 saturated heterocycles. The number of halogens is 1. The molecule has 0 spiro atoms. The van der Waals surface area contributed by atoms with Crippen molar-refractivity contribution in [3.8, 4) is 28.3 Å². The zero-order valence-electron chi connectivity index (χ0n) is 21.0. The summed E-state index contributed by atoms with van der Waals surface area (Å²) in [7, 11) is -1.94. The summed E-state index contributed by atoms with van der Waals surface area (Å²) >= 11 is 0. The normalized spacial score (nSPS) is 22.8. The number of fused-ring (bicyclic) bond motifs is 2. The SMILES string of the molecule is COCCS(=O)(=O)c1ccc(-c2ccc(-c3nc4cc(O[C@@H]5CO[C@H]6[C@@H]5OC[C@H]6O)[nH]c4cc3F)cc2)cc1. The average molecular weight is 555 g/mol. The molecule has 2 fully saturated rings. The van der Waals surface area contributed by atoms with Gasteiger partial charge in [-0.25, -0.2) is 17.8 Å². The van der Waals surface area contributed by atoms with E-state index in [-0.39, 0.29) is 42.3 Å². The number of aliphatic hydroxyl groups excluding tert-OH is 1. The molecule has 2 aliphatic heterocycles. The minimum atomic E-state index is -3.41. The van der Waals surface area contributed by atoms with E-state index in [4.69, 9.17) is 18.9 Å². The first-order valence-corrected chi connectivity index (χ1v) is 14.2. The quantitative estimate of drug-likeness (QED) is 0.340. The third kappa shape index (κ3) is 5.04. The molecule has 4 atom stereocenters. The lowest BCUT2D eigenvalue weighted by Gasteiger charge is -2.16. The van der Waals surface area contributed by atoms with E-state index < -0.39 is 34.0 Å². The maximum absolute atomic E-state index is 15.0. The topological polar surface area (TPSA) is 120 Å². The molecule has 9 nitrogen and oxygen atoms in total. The summed E-state index contributed by atoms with van der Waals surface area (Å²) in [6, 6.07) is 17.0. The van der Waals surface area contributed by atoms with Crippen LogP contribution >= 0.6 is 0 Å². The summed E-state index contributed by atoms with van der Waals surface area (Å²) in [6.45, 7) is 0.627. The molecular formula is C28H27FN2O7S. The van der Waals surface area contributed by atoms with Crippen molar-refractivity contribution < 1.29 is 36.9 Å². The van der Waals surface area contributed by atoms with Crippen LogP contribution in [0.1, 0.15) is 0 Å². The van der Waals surface area contributed by atoms with Gasteiger partial charge in [0.1, 0.15) is 24.0 Å². The number of sulfone groups is 1. The fraction of sp³-hybridized carbons (Fsp3) is 0.321. The molecule has 39 heavy (non-hydrogen) atoms. The maximum atomic E-state index is 15.0. The Morgan fingerprint density at radius 1 is 1.00 bits per heavy atom. The van der Waals surface area contributed by atoms with Gasteiger partial charge in [-0.05, 0) is 23.3 Å². The molecule has 0 aliphatic carbocycles. The van der Waals surface area contributed by atoms with Gasteiger partial charge in [0.15, 0.2) is 27.6 Å². The Kier molecular flexibility index (Phi) is 6.86. The summed E-state index contributed by atoms with van der Waals surface area (Å²) in [5.41, 5.74) is 3.52. The Balaban J connectivity index is 1.19. The number of H-pyrrole nitrogens is 1. The first-order chi connectivity index (χ1) is 18.8. The van der Waals surface area contributed by atoms with Crippen molar-refractivity contribution in [3.05, 3.63) is 66.5 Å². The molecule has 0 radical (unpaired) electrons. The number of methoxy groups -OCH3 is 1. The van der Waals surface area contributed by atoms with E-state index in [0.717, 1.165) is 11.1 Å². The minimum absolute atomic E-state index is 0.0796. The number of benzene rings is 2. The van der Waals surface area contributed by atoms with Gasteiger partial charge in [0.05, 0.1) is 41.5 Å². The highest BCUT2D eigenvalue weighted by Crippen LogP contribution is 2.32. The van der Waals surface area contributed by atoms with Crippen molar-refractivity contribution in [2.45, 2.75) is 29.3 Å². The van der Waals surface area contributed by atoms with Crippen molar-refractivity contribution >= 4 is 20.9 Å². The number of nitrogens with zero attached hydrogens (tertiary/aromatic N) is 1. The van der Waals surface area contributed by atoms with Gasteiger partial charge in [-0.15, -0.1) is 0 Å². The van der Waals surface area contributed by atoms with Crippen LogP contribution in [0.5, 0.6) is 5.88 Å². The molecule has 2 N–H and O–H groups in total. The van der Waals surface area contributed by atoms with Crippen LogP contribution in [0.15, 0.2) is 65.6 Å². The first-order valence-electron chi connectivity index (χ1n) is 12.5. The number of aromatic nitrogens is 2. The average Bonchev–Trinajstić information content (AvgIpc) is 3.63. The van der Waals surface area contributed by atoms with Crippen molar-refractivity contribution in [1.82, 2.24) is 9.97 Å². The fourth-order valence-electron chi connectivity index (χ4n) is 4.97. The van der Waals surface area contributed by atoms with E-state index in [9.17, 15) is 13.5 Å². The Hall–Kier alpha value is -3.35. The molecule has 2 aromatic heterocycles. The number of hydrogen-bond donors (Lipinski definition) is 2. The van der Waals surface area contributed by atoms with Crippen LogP contribution in [0.25, 0.3) is 33.4 Å². The number of pyridine rings is 1. The number of aliphatic hydroxyl groups is 1. The van der Waals surface area contributed by atoms with Crippen LogP contribution in [-0.2, 0) is 24.0 Å². The Morgan fingerprint density at radius 2 is 1.67 bits per heavy atom. The Bertz CT molecular complexity index is 1590. The van der Waals surface area contributed by atoms with Gasteiger partial charge in [-0.2, -0.15) is 0 Å². The summed E-state index contributed by atoms with van der Waals surface area (Å²) < 4.78 is 61.8. The molecular weight excluding hydrogens is 527 g/mol. The van der Waals surface area contributed by atoms with E-state index in [1.807, 2.05) is 12.1 Å². The molecule has 11 heteroatoms. The van der Waals surface area contributed by atoms with E-state index in [0.29, 0.717) is 22.5 Å². The number of hydrogen-bond acceptors (Lipinski definition) is 8. The van der Waals surface area contributed by atoms with Crippen LogP contribution in [0, 0.1) is 5.82 Å². The number of aromatic amines is 1. The lowest BCUT2D eigenvalue weighted by atomic mass is 10.0. The van der Waals surface area contributed by atoms with E-state index in [2.05, 4.69) is 9.97 Å². The van der Waals surface area contributed by atoms with Gasteiger partial charge in [-0.3, -0.25) is 0 Å². The smallest absolute Gasteiger partial charge is 0.193 e. The summed E-state index contributed by atoms with van der Waals surface area (Å²) in [5.74, 6) is -0.152. The zero-order valence-corrected chi connectivity index (χ0v) is 21.9. The predicted octanol–water partition coefficient (Wildman–Crippen LogP) is 3.36. The second-order valence-electron chi connectivity index (χ2n) is 9.62. The van der Waals surface area contributed by atoms with Gasteiger partial charge in [-0.1, -0.05) is 36.4 Å². The summed E-state index contributed by atoms with van der Waals surface area (Å²) in [4.78, 5) is 7.80. The second kappa shape index (κ2) is 10.3. The number of nitrogens with one attached hydrogen (secondary N) is 1. The standard InChI is InChI=1S/C28H27FN2O7S/c1-35-10-11-39(33,34)19-8-6-17(7-9-19)16-2-4-18(5-3-16)26-20(29)12-21-22(31-26)13-25(30-21)38-24-15-37-27-23(32)14-36-28(24)27/h2-9,12-13,23-24,27-28,30,32H,10-11,14-15H2,1H3/t23-,24-,27-,28-/m1/s1. The lowest BCUT2D eigenvalue weighted by molar-refractivity contribution is 0.00794. The van der Waals surface area contributed by atoms with Gasteiger partial charge in [0.2, 0.25) is 0 Å². The molecule has 4 heterocycles. The van der Waals surface area contributed by atoms with Gasteiger partial charge >= 0.3 is 0 Å². The Labute approximate surface area is 224 Å². The highest BCUT2D eigenvalue weighted by atomic mass is 32.2. The third-order valence-electron chi connectivity index (χ3n) is 7.05. The first kappa shape index (κ1) is 25.9. The lowest BCUT2D eigenvalue weighted by Crippen LogP contribution is -2.34. The highest BCUT2D eigenvalue weighted by Gasteiger charge is 2.48. The van der Waals surface area contributed by atoms with Crippen LogP contribution in [0.3, 0.4) is 0 Å². The van der Waals surface area contributed by atoms with Gasteiger partial charge in [0, 0.05) is 24.8 Å². The molecule has 2 aromatic carbocycles. The van der Waals surface area contributed by atoms with Gasteiger partial charge in [0.25, 0.3) is 0 Å². The van der Waals surface area contributed by atoms with Crippen molar-refractivity contribution in [3.63, 3.8) is 0 Å². The van der Waals surface area contributed by atoms with Crippen LogP contribution in [0.4, 0.5) is 4.39 Å². The van der Waals surface area contributed by atoms with E-state index in [1.165, 1.54) is 13.2 Å². The van der Waals surface area contributed by atoms with Crippen LogP contribution < -0.4 is 4.74 Å². The molecule has 0 saturated carbocycles. The maximum Gasteiger partial charge on any atom is 0.193 e. The van der Waals surface area contributed by atoms with Crippen molar-refractivity contribution in [1.29, 1.82) is 0 Å². The summed E-state index contributed by atoms with van der Waals surface area (Å²) in [6.07, 6.45) is -1.83. The molecule has 6 rings (SSSR count). The minimum Gasteiger partial charge on any atom is -0.470 e. The molecule has 0 bridgehead atoms. The van der Waals surface area contributed by atoms with Crippen molar-refractivity contribution in [2.24, 2.45) is 0 Å². The molecule has 4 aromatic rings. The fourth-order valence-corrected chi connectivity index (χ4v) is 6.14. The largest absolute Gasteiger partial charge is 0.470 e. The predicted molar refractivity (Wildman–Crippen MR) is 141 cm³/mol. The number of rotatable bonds is 8. The molecule has 204 valence electrons. The van der Waals surface area contributed by atoms with Crippen molar-refractivity contribution in [2.75, 3.05) is 32.7 Å². The summed E-state index contributed by atoms with van der Waals surface area (Å²) in [5, 5.41) is 9.92. The Morgan fingerprint density at radius 3 is 2.38 bits per heavy atom. The van der Waals surface area contributed by atoms with Crippen LogP contribution in [-0.4, -0.2) is 80.6 Å². The number of ether oxygens (including phenoxy) is 4. The zero-order chi connectivity index (χ0) is 27.1. The van der Waals surface area contributed by atoms with E-state index in [1.54, 1.807) is 42.5 Å². The molecule has 2 aliphatic rings. The molecule has 0 unspecified atom stereocenters. The van der Waals surface area contributed by atoms with Crippen LogP contribution in [0.2, 0.25) is 0 Å². The highest BCUT2D eigenvalue weighted by molar-refractivity contribution is 7.91. The molecule has 0 amide bonds. The second-order valence-corrected chi connectivity index (χ2v) is 11.7. The van der Waals surface area contributed by atoms with E-state index >= 15 is 4.39 Å². The van der Waals surface area contributed by atoms with Gasteiger partial charge < -0.3 is 29.0 Å². The monoisotopic (exact) mass is 554 g/mol.